The third-order valence-corrected chi connectivity index (χ3v) is 6.27. The summed E-state index contributed by atoms with van der Waals surface area (Å²) in [6.07, 6.45) is 0.299. The van der Waals surface area contributed by atoms with Crippen molar-refractivity contribution in [1.82, 2.24) is 19.9 Å². The Kier molecular flexibility index (Phi) is 4.72. The van der Waals surface area contributed by atoms with Crippen LogP contribution in [0.1, 0.15) is 28.1 Å². The van der Waals surface area contributed by atoms with Crippen LogP contribution in [0.3, 0.4) is 0 Å². The number of benzene rings is 1. The predicted molar refractivity (Wildman–Crippen MR) is 101 cm³/mol. The largest absolute Gasteiger partial charge is 0.322 e. The number of pyridine rings is 1. The van der Waals surface area contributed by atoms with Crippen LogP contribution >= 0.6 is 0 Å². The zero-order valence-corrected chi connectivity index (χ0v) is 16.0. The lowest BCUT2D eigenvalue weighted by molar-refractivity contribution is 0.580. The van der Waals surface area contributed by atoms with E-state index in [0.29, 0.717) is 23.4 Å². The minimum Gasteiger partial charge on any atom is -0.322 e. The number of nitrogens with zero attached hydrogens (tertiary/aromatic N) is 1. The van der Waals surface area contributed by atoms with Crippen LogP contribution in [0.4, 0.5) is 0 Å². The van der Waals surface area contributed by atoms with Crippen LogP contribution in [0.25, 0.3) is 10.9 Å². The molecule has 7 nitrogen and oxygen atoms in total. The van der Waals surface area contributed by atoms with E-state index in [2.05, 4.69) is 19.9 Å². The number of hydrogen-bond acceptors (Lipinski definition) is 4. The minimum absolute atomic E-state index is 0.131. The molecule has 138 valence electrons. The molecule has 3 N–H and O–H groups in total. The summed E-state index contributed by atoms with van der Waals surface area (Å²) in [5.41, 5.74) is 4.29. The zero-order valence-electron chi connectivity index (χ0n) is 15.2. The van der Waals surface area contributed by atoms with Gasteiger partial charge in [0.15, 0.2) is 0 Å². The van der Waals surface area contributed by atoms with Gasteiger partial charge in [0.1, 0.15) is 4.90 Å². The lowest BCUT2D eigenvalue weighted by atomic mass is 10.0. The number of nitrogens with one attached hydrogen (secondary N) is 3. The Morgan fingerprint density at radius 2 is 1.77 bits per heavy atom. The Morgan fingerprint density at radius 1 is 1.08 bits per heavy atom. The summed E-state index contributed by atoms with van der Waals surface area (Å²) in [7, 11) is -3.67. The number of aryl methyl sites for hydroxylation is 4. The molecule has 0 aliphatic carbocycles. The molecule has 3 rings (SSSR count). The average molecular weight is 374 g/mol. The molecule has 0 fully saturated rings. The Hall–Kier alpha value is -2.45. The van der Waals surface area contributed by atoms with Gasteiger partial charge in [0.2, 0.25) is 10.0 Å². The van der Waals surface area contributed by atoms with Crippen LogP contribution in [0, 0.1) is 27.7 Å². The van der Waals surface area contributed by atoms with Gasteiger partial charge in [-0.2, -0.15) is 5.10 Å². The van der Waals surface area contributed by atoms with Crippen LogP contribution in [0.2, 0.25) is 0 Å². The van der Waals surface area contributed by atoms with Crippen molar-refractivity contribution in [1.29, 1.82) is 0 Å². The van der Waals surface area contributed by atoms with Gasteiger partial charge in [-0.15, -0.1) is 0 Å². The van der Waals surface area contributed by atoms with Crippen molar-refractivity contribution in [2.24, 2.45) is 0 Å². The van der Waals surface area contributed by atoms with E-state index in [1.54, 1.807) is 13.8 Å². The van der Waals surface area contributed by atoms with Crippen molar-refractivity contribution in [2.45, 2.75) is 39.0 Å². The molecule has 2 aromatic heterocycles. The van der Waals surface area contributed by atoms with Crippen LogP contribution < -0.4 is 10.3 Å². The van der Waals surface area contributed by atoms with E-state index in [0.717, 1.165) is 22.0 Å². The van der Waals surface area contributed by atoms with E-state index >= 15 is 0 Å². The lowest BCUT2D eigenvalue weighted by Gasteiger charge is -2.08. The maximum Gasteiger partial charge on any atom is 0.251 e. The molecule has 0 amide bonds. The van der Waals surface area contributed by atoms with Gasteiger partial charge in [0.05, 0.1) is 11.4 Å². The van der Waals surface area contributed by atoms with Crippen LogP contribution in [0.5, 0.6) is 0 Å². The standard InChI is InChI=1S/C18H22N4O3S/c1-10-7-15-9-14(18(23)20-16(15)8-11(10)2)5-6-19-26(24,25)17-12(3)21-22-13(17)4/h7-9,19H,5-6H2,1-4H3,(H,20,23)(H,21,22). The second-order valence-corrected chi connectivity index (χ2v) is 8.26. The van der Waals surface area contributed by atoms with Gasteiger partial charge >= 0.3 is 0 Å². The fraction of sp³-hybridized carbons (Fsp3) is 0.333. The van der Waals surface area contributed by atoms with E-state index in [4.69, 9.17) is 0 Å². The molecule has 0 aliphatic rings. The number of aromatic amines is 2. The Bertz CT molecular complexity index is 1120. The summed E-state index contributed by atoms with van der Waals surface area (Å²) in [6, 6.07) is 5.79. The fourth-order valence-electron chi connectivity index (χ4n) is 3.04. The highest BCUT2D eigenvalue weighted by atomic mass is 32.2. The lowest BCUT2D eigenvalue weighted by Crippen LogP contribution is -2.28. The third kappa shape index (κ3) is 3.42. The molecule has 0 bridgehead atoms. The van der Waals surface area contributed by atoms with Crippen molar-refractivity contribution < 1.29 is 8.42 Å². The Morgan fingerprint density at radius 3 is 2.42 bits per heavy atom. The van der Waals surface area contributed by atoms with Gasteiger partial charge in [0, 0.05) is 17.6 Å². The normalized spacial score (nSPS) is 12.0. The van der Waals surface area contributed by atoms with Gasteiger partial charge in [-0.05, 0) is 68.8 Å². The molecule has 3 aromatic rings. The van der Waals surface area contributed by atoms with Crippen molar-refractivity contribution >= 4 is 20.9 Å². The Labute approximate surface area is 151 Å². The predicted octanol–water partition coefficient (Wildman–Crippen LogP) is 2.01. The number of aromatic nitrogens is 3. The van der Waals surface area contributed by atoms with Crippen molar-refractivity contribution in [2.75, 3.05) is 6.54 Å². The first-order valence-corrected chi connectivity index (χ1v) is 9.82. The summed E-state index contributed by atoms with van der Waals surface area (Å²) in [5.74, 6) is 0. The molecule has 0 radical (unpaired) electrons. The van der Waals surface area contributed by atoms with E-state index in [9.17, 15) is 13.2 Å². The van der Waals surface area contributed by atoms with Crippen molar-refractivity contribution in [3.63, 3.8) is 0 Å². The van der Waals surface area contributed by atoms with E-state index in [1.807, 2.05) is 32.0 Å². The molecule has 0 saturated carbocycles. The molecule has 0 unspecified atom stereocenters. The van der Waals surface area contributed by atoms with Crippen LogP contribution in [0.15, 0.2) is 27.9 Å². The zero-order chi connectivity index (χ0) is 19.1. The Balaban J connectivity index is 1.81. The number of rotatable bonds is 5. The first-order valence-electron chi connectivity index (χ1n) is 8.33. The number of hydrogen-bond donors (Lipinski definition) is 3. The highest BCUT2D eigenvalue weighted by molar-refractivity contribution is 7.89. The quantitative estimate of drug-likeness (QED) is 0.635. The van der Waals surface area contributed by atoms with Crippen LogP contribution in [-0.4, -0.2) is 30.1 Å². The summed E-state index contributed by atoms with van der Waals surface area (Å²) in [4.78, 5) is 15.3. The molecular formula is C18H22N4O3S. The molecule has 0 saturated heterocycles. The fourth-order valence-corrected chi connectivity index (χ4v) is 4.43. The topological polar surface area (TPSA) is 108 Å². The molecule has 2 heterocycles. The maximum absolute atomic E-state index is 12.4. The minimum atomic E-state index is -3.67. The SMILES string of the molecule is Cc1cc2cc(CCNS(=O)(=O)c3c(C)n[nH]c3C)c(=O)[nH]c2cc1C. The second kappa shape index (κ2) is 6.69. The molecule has 0 spiro atoms. The average Bonchev–Trinajstić information content (AvgIpc) is 2.89. The first-order chi connectivity index (χ1) is 12.2. The van der Waals surface area contributed by atoms with E-state index in [1.165, 1.54) is 0 Å². The second-order valence-electron chi connectivity index (χ2n) is 6.56. The third-order valence-electron chi connectivity index (χ3n) is 4.55. The van der Waals surface area contributed by atoms with Gasteiger partial charge in [0.25, 0.3) is 5.56 Å². The highest BCUT2D eigenvalue weighted by Crippen LogP contribution is 2.18. The first kappa shape index (κ1) is 18.3. The van der Waals surface area contributed by atoms with E-state index in [-0.39, 0.29) is 17.0 Å². The molecule has 0 atom stereocenters. The monoisotopic (exact) mass is 374 g/mol. The van der Waals surface area contributed by atoms with Gasteiger partial charge in [-0.1, -0.05) is 0 Å². The summed E-state index contributed by atoms with van der Waals surface area (Å²) in [5, 5.41) is 7.52. The highest BCUT2D eigenvalue weighted by Gasteiger charge is 2.21. The van der Waals surface area contributed by atoms with E-state index < -0.39 is 10.0 Å². The molecular weight excluding hydrogens is 352 g/mol. The van der Waals surface area contributed by atoms with Gasteiger partial charge in [-0.25, -0.2) is 13.1 Å². The number of H-pyrrole nitrogens is 2. The van der Waals surface area contributed by atoms with Crippen molar-refractivity contribution in [3.05, 3.63) is 56.6 Å². The van der Waals surface area contributed by atoms with Crippen molar-refractivity contribution in [3.8, 4) is 0 Å². The number of fused-ring (bicyclic) bond motifs is 1. The molecule has 1 aromatic carbocycles. The van der Waals surface area contributed by atoms with Crippen LogP contribution in [-0.2, 0) is 16.4 Å². The smallest absolute Gasteiger partial charge is 0.251 e. The van der Waals surface area contributed by atoms with Gasteiger partial charge in [-0.3, -0.25) is 9.89 Å². The molecule has 8 heteroatoms. The summed E-state index contributed by atoms with van der Waals surface area (Å²) < 4.78 is 27.4. The van der Waals surface area contributed by atoms with Gasteiger partial charge < -0.3 is 4.98 Å². The molecule has 0 aliphatic heterocycles. The summed E-state index contributed by atoms with van der Waals surface area (Å²) >= 11 is 0. The molecule has 26 heavy (non-hydrogen) atoms. The number of sulfonamides is 1. The maximum atomic E-state index is 12.4. The summed E-state index contributed by atoms with van der Waals surface area (Å²) in [6.45, 7) is 7.44.